The Kier molecular flexibility index (Phi) is 14.5. The molecule has 51 heavy (non-hydrogen) atoms. The van der Waals surface area contributed by atoms with Crippen molar-refractivity contribution >= 4 is 0 Å². The summed E-state index contributed by atoms with van der Waals surface area (Å²) in [6.07, 6.45) is 13.8. The molecule has 0 spiro atoms. The highest BCUT2D eigenvalue weighted by molar-refractivity contribution is 5.44. The van der Waals surface area contributed by atoms with Crippen LogP contribution >= 0.6 is 0 Å². The van der Waals surface area contributed by atoms with Gasteiger partial charge < -0.3 is 51.0 Å². The Labute approximate surface area is 302 Å². The van der Waals surface area contributed by atoms with Crippen molar-refractivity contribution in [2.75, 3.05) is 26.4 Å². The van der Waals surface area contributed by atoms with Gasteiger partial charge in [-0.25, -0.2) is 0 Å². The van der Waals surface area contributed by atoms with Crippen LogP contribution < -0.4 is 15.8 Å². The summed E-state index contributed by atoms with van der Waals surface area (Å²) in [5.41, 5.74) is 9.05. The van der Waals surface area contributed by atoms with Gasteiger partial charge in [0.05, 0.1) is 37.3 Å². The summed E-state index contributed by atoms with van der Waals surface area (Å²) in [4.78, 5) is 3.27. The minimum Gasteiger partial charge on any atom is -0.504 e. The van der Waals surface area contributed by atoms with Gasteiger partial charge in [0, 0.05) is 55.1 Å². The maximum absolute atomic E-state index is 11.8. The monoisotopic (exact) mass is 703 g/mol. The van der Waals surface area contributed by atoms with Crippen LogP contribution in [0.2, 0.25) is 0 Å². The molecule has 5 rings (SSSR count). The summed E-state index contributed by atoms with van der Waals surface area (Å²) in [6.45, 7) is 2.67. The lowest BCUT2D eigenvalue weighted by atomic mass is 9.79. The SMILES string of the molecule is CC[C@@H]1C#C[C@@H]2C=C[C@@H](c3ccc(O)c(O[C@H](C[C@H](Cc4ccc[nH]4)C4=CCNC(N)=C4)[C@H](O)CCO)c3)C[C@@H](O)[C@H]2[C@@H](OCCO)CCCC1. The van der Waals surface area contributed by atoms with E-state index in [1.54, 1.807) is 12.1 Å². The van der Waals surface area contributed by atoms with Gasteiger partial charge in [0.1, 0.15) is 6.10 Å². The Morgan fingerprint density at radius 3 is 2.67 bits per heavy atom. The first-order chi connectivity index (χ1) is 24.8. The van der Waals surface area contributed by atoms with Gasteiger partial charge in [-0.2, -0.15) is 0 Å². The van der Waals surface area contributed by atoms with Crippen molar-refractivity contribution in [2.24, 2.45) is 29.4 Å². The van der Waals surface area contributed by atoms with E-state index in [2.05, 4.69) is 47.3 Å². The number of phenolic OH excluding ortho intramolecular Hbond substituents is 1. The number of aromatic amines is 1. The molecular weight excluding hydrogens is 646 g/mol. The first-order valence-corrected chi connectivity index (χ1v) is 18.7. The third-order valence-electron chi connectivity index (χ3n) is 10.6. The number of hydrogen-bond donors (Lipinski definition) is 8. The number of nitrogens with one attached hydrogen (secondary N) is 2. The standard InChI is InChI=1S/C41H57N3O7/c1-2-27-6-3-4-8-37(50-21-20-46)41-28(10-9-27)11-12-29(23-36(41)49)30-13-14-34(47)38(24-30)51-39(35(48)16-19-45)25-32(22-33-7-5-17-43-33)31-15-18-44-40(42)26-31/h5,7,11-15,17,24,26-29,32,35-37,39,41,43-49H,2-4,6,8,16,18-23,25,42H2,1H3/t27-,28+,29+,32-,35+,36+,37-,39+,41-/m0/s1. The Morgan fingerprint density at radius 2 is 1.92 bits per heavy atom. The molecular formula is C41H57N3O7. The first-order valence-electron chi connectivity index (χ1n) is 18.7. The maximum Gasteiger partial charge on any atom is 0.161 e. The minimum atomic E-state index is -1.00. The molecule has 1 aromatic heterocycles. The molecule has 0 amide bonds. The highest BCUT2D eigenvalue weighted by Gasteiger charge is 2.38. The van der Waals surface area contributed by atoms with Crippen LogP contribution in [0.4, 0.5) is 0 Å². The molecule has 1 aromatic carbocycles. The number of ether oxygens (including phenoxy) is 2. The Bertz CT molecular complexity index is 1530. The number of dihydropyridines is 1. The third-order valence-corrected chi connectivity index (χ3v) is 10.6. The molecule has 9 N–H and O–H groups in total. The summed E-state index contributed by atoms with van der Waals surface area (Å²) in [5, 5.41) is 56.6. The molecule has 278 valence electrons. The number of aliphatic hydroxyl groups excluding tert-OH is 4. The van der Waals surface area contributed by atoms with E-state index in [1.807, 2.05) is 30.5 Å². The van der Waals surface area contributed by atoms with Crippen LogP contribution in [-0.2, 0) is 11.2 Å². The highest BCUT2D eigenvalue weighted by Crippen LogP contribution is 2.40. The predicted molar refractivity (Wildman–Crippen MR) is 198 cm³/mol. The van der Waals surface area contributed by atoms with Crippen LogP contribution in [0, 0.1) is 35.5 Å². The quantitative estimate of drug-likeness (QED) is 0.0988. The largest absolute Gasteiger partial charge is 0.504 e. The van der Waals surface area contributed by atoms with Crippen LogP contribution in [-0.4, -0.2) is 81.3 Å². The van der Waals surface area contributed by atoms with Crippen molar-refractivity contribution in [1.29, 1.82) is 0 Å². The van der Waals surface area contributed by atoms with E-state index in [0.29, 0.717) is 37.5 Å². The van der Waals surface area contributed by atoms with E-state index in [1.165, 1.54) is 0 Å². The van der Waals surface area contributed by atoms with Gasteiger partial charge >= 0.3 is 0 Å². The lowest BCUT2D eigenvalue weighted by molar-refractivity contribution is -0.0602. The third kappa shape index (κ3) is 10.7. The molecule has 9 atom stereocenters. The minimum absolute atomic E-state index is 0.0627. The van der Waals surface area contributed by atoms with Crippen LogP contribution in [0.25, 0.3) is 0 Å². The molecule has 0 unspecified atom stereocenters. The zero-order valence-electron chi connectivity index (χ0n) is 29.8. The molecule has 0 saturated carbocycles. The smallest absolute Gasteiger partial charge is 0.161 e. The van der Waals surface area contributed by atoms with Crippen molar-refractivity contribution in [3.05, 3.63) is 83.5 Å². The first kappa shape index (κ1) is 38.5. The number of benzene rings is 1. The Balaban J connectivity index is 1.42. The topological polar surface area (TPSA) is 173 Å². The summed E-state index contributed by atoms with van der Waals surface area (Å²) >= 11 is 0. The van der Waals surface area contributed by atoms with Crippen molar-refractivity contribution in [3.63, 3.8) is 0 Å². The Hall–Kier alpha value is -3.72. The fourth-order valence-corrected chi connectivity index (χ4v) is 7.77. The molecule has 1 aliphatic heterocycles. The van der Waals surface area contributed by atoms with Crippen LogP contribution in [0.1, 0.15) is 75.5 Å². The average molecular weight is 704 g/mol. The molecule has 10 nitrogen and oxygen atoms in total. The summed E-state index contributed by atoms with van der Waals surface area (Å²) in [6, 6.07) is 9.19. The fraction of sp³-hybridized carbons (Fsp3) is 0.561. The van der Waals surface area contributed by atoms with E-state index < -0.39 is 18.3 Å². The molecule has 2 aliphatic carbocycles. The average Bonchev–Trinajstić information content (AvgIpc) is 3.58. The lowest BCUT2D eigenvalue weighted by Gasteiger charge is -2.34. The van der Waals surface area contributed by atoms with Crippen molar-refractivity contribution < 1.29 is 35.0 Å². The van der Waals surface area contributed by atoms with Gasteiger partial charge in [0.15, 0.2) is 11.5 Å². The number of aromatic hydroxyl groups is 1. The summed E-state index contributed by atoms with van der Waals surface area (Å²) in [7, 11) is 0. The van der Waals surface area contributed by atoms with Crippen LogP contribution in [0.15, 0.2) is 72.2 Å². The number of H-pyrrole nitrogens is 1. The van der Waals surface area contributed by atoms with E-state index in [0.717, 1.165) is 48.9 Å². The van der Waals surface area contributed by atoms with Crippen molar-refractivity contribution in [2.45, 2.75) is 95.0 Å². The second-order valence-corrected chi connectivity index (χ2v) is 14.2. The normalized spacial score (nSPS) is 26.9. The van der Waals surface area contributed by atoms with Gasteiger partial charge in [0.2, 0.25) is 0 Å². The Morgan fingerprint density at radius 1 is 1.08 bits per heavy atom. The number of aromatic nitrogens is 1. The van der Waals surface area contributed by atoms with E-state index in [-0.39, 0.29) is 67.5 Å². The number of rotatable bonds is 15. The molecule has 2 aromatic rings. The number of nitrogens with two attached hydrogens (primary N) is 1. The van der Waals surface area contributed by atoms with Crippen LogP contribution in [0.3, 0.4) is 0 Å². The number of phenols is 1. The van der Waals surface area contributed by atoms with E-state index in [4.69, 9.17) is 15.2 Å². The predicted octanol–water partition coefficient (Wildman–Crippen LogP) is 4.41. The molecule has 10 heteroatoms. The van der Waals surface area contributed by atoms with Gasteiger partial charge in [-0.3, -0.25) is 0 Å². The highest BCUT2D eigenvalue weighted by atomic mass is 16.5. The van der Waals surface area contributed by atoms with Crippen molar-refractivity contribution in [1.82, 2.24) is 10.3 Å². The second kappa shape index (κ2) is 19.2. The maximum atomic E-state index is 11.8. The zero-order valence-corrected chi connectivity index (χ0v) is 29.8. The number of aliphatic hydroxyl groups is 4. The second-order valence-electron chi connectivity index (χ2n) is 14.2. The molecule has 2 heterocycles. The number of allylic oxidation sites excluding steroid dienone is 4. The lowest BCUT2D eigenvalue weighted by Crippen LogP contribution is -2.39. The van der Waals surface area contributed by atoms with Gasteiger partial charge in [-0.05, 0) is 85.9 Å². The van der Waals surface area contributed by atoms with E-state index >= 15 is 0 Å². The van der Waals surface area contributed by atoms with Gasteiger partial charge in [-0.15, -0.1) is 0 Å². The molecule has 0 saturated heterocycles. The fourth-order valence-electron chi connectivity index (χ4n) is 7.77. The van der Waals surface area contributed by atoms with Crippen molar-refractivity contribution in [3.8, 4) is 23.3 Å². The zero-order chi connectivity index (χ0) is 36.2. The van der Waals surface area contributed by atoms with Gasteiger partial charge in [-0.1, -0.05) is 55.9 Å². The van der Waals surface area contributed by atoms with Crippen LogP contribution in [0.5, 0.6) is 11.5 Å². The van der Waals surface area contributed by atoms with Gasteiger partial charge in [0.25, 0.3) is 0 Å². The van der Waals surface area contributed by atoms with E-state index in [9.17, 15) is 25.5 Å². The molecule has 3 aliphatic rings. The number of hydrogen-bond acceptors (Lipinski definition) is 9. The molecule has 0 fully saturated rings. The number of fused-ring (bicyclic) bond motifs is 1. The summed E-state index contributed by atoms with van der Waals surface area (Å²) < 4.78 is 12.7. The molecule has 0 radical (unpaired) electrons. The summed E-state index contributed by atoms with van der Waals surface area (Å²) in [5.74, 6) is 7.31. The molecule has 0 bridgehead atoms.